The second kappa shape index (κ2) is 6.08. The molecule has 23 heavy (non-hydrogen) atoms. The van der Waals surface area contributed by atoms with Crippen molar-refractivity contribution in [1.82, 2.24) is 5.32 Å². The van der Waals surface area contributed by atoms with Crippen molar-refractivity contribution in [3.05, 3.63) is 47.5 Å². The smallest absolute Gasteiger partial charge is 0.258 e. The molecule has 2 aromatic rings. The Kier molecular flexibility index (Phi) is 3.97. The molecule has 120 valence electrons. The van der Waals surface area contributed by atoms with Gasteiger partial charge < -0.3 is 24.3 Å². The molecule has 1 aliphatic rings. The van der Waals surface area contributed by atoms with Crippen molar-refractivity contribution in [1.29, 1.82) is 0 Å². The molecular formula is C17H17NO5. The minimum atomic E-state index is -0.674. The first-order valence-corrected chi connectivity index (χ1v) is 7.04. The van der Waals surface area contributed by atoms with Crippen LogP contribution in [0.1, 0.15) is 22.1 Å². The highest BCUT2D eigenvalue weighted by molar-refractivity contribution is 5.98. The minimum Gasteiger partial charge on any atom is -0.496 e. The molecule has 6 heteroatoms. The standard InChI is InChI=1S/C17H17NO5/c1-20-13-9-15(22-3)14(21-2)8-11(13)17-18-16(19)10-6-4-5-7-12(10)23-17/h4-9,17H,1-3H3,(H,18,19)/t17-/m1/s1. The maximum Gasteiger partial charge on any atom is 0.258 e. The molecule has 1 heterocycles. The van der Waals surface area contributed by atoms with Crippen molar-refractivity contribution in [2.24, 2.45) is 0 Å². The van der Waals surface area contributed by atoms with Gasteiger partial charge in [-0.05, 0) is 18.2 Å². The summed E-state index contributed by atoms with van der Waals surface area (Å²) in [5.74, 6) is 1.93. The second-order valence-electron chi connectivity index (χ2n) is 4.92. The molecule has 0 bridgehead atoms. The lowest BCUT2D eigenvalue weighted by Crippen LogP contribution is -2.37. The Morgan fingerprint density at radius 1 is 0.957 bits per heavy atom. The van der Waals surface area contributed by atoms with Crippen molar-refractivity contribution in [3.8, 4) is 23.0 Å². The van der Waals surface area contributed by atoms with Gasteiger partial charge in [0.25, 0.3) is 5.91 Å². The Hall–Kier alpha value is -2.89. The van der Waals surface area contributed by atoms with Gasteiger partial charge in [-0.2, -0.15) is 0 Å². The van der Waals surface area contributed by atoms with E-state index in [0.29, 0.717) is 34.1 Å². The number of methoxy groups -OCH3 is 3. The number of carbonyl (C=O) groups is 1. The molecule has 1 aliphatic heterocycles. The Morgan fingerprint density at radius 3 is 2.30 bits per heavy atom. The molecule has 6 nitrogen and oxygen atoms in total. The predicted molar refractivity (Wildman–Crippen MR) is 83.4 cm³/mol. The van der Waals surface area contributed by atoms with Crippen LogP contribution in [0.3, 0.4) is 0 Å². The lowest BCUT2D eigenvalue weighted by atomic mass is 10.1. The lowest BCUT2D eigenvalue weighted by molar-refractivity contribution is 0.0751. The lowest BCUT2D eigenvalue weighted by Gasteiger charge is -2.28. The van der Waals surface area contributed by atoms with Crippen LogP contribution < -0.4 is 24.3 Å². The van der Waals surface area contributed by atoms with Gasteiger partial charge in [-0.1, -0.05) is 12.1 Å². The van der Waals surface area contributed by atoms with Crippen molar-refractivity contribution in [2.45, 2.75) is 6.23 Å². The fraction of sp³-hybridized carbons (Fsp3) is 0.235. The maximum absolute atomic E-state index is 12.3. The molecule has 0 aliphatic carbocycles. The average Bonchev–Trinajstić information content (AvgIpc) is 2.60. The number of ether oxygens (including phenoxy) is 4. The number of benzene rings is 2. The minimum absolute atomic E-state index is 0.200. The van der Waals surface area contributed by atoms with Crippen LogP contribution in [0.25, 0.3) is 0 Å². The third-order valence-electron chi connectivity index (χ3n) is 3.66. The van der Waals surface area contributed by atoms with E-state index >= 15 is 0 Å². The zero-order valence-corrected chi connectivity index (χ0v) is 13.1. The van der Waals surface area contributed by atoms with Gasteiger partial charge in [0.2, 0.25) is 6.23 Å². The fourth-order valence-electron chi connectivity index (χ4n) is 2.51. The number of nitrogens with one attached hydrogen (secondary N) is 1. The van der Waals surface area contributed by atoms with Crippen molar-refractivity contribution >= 4 is 5.91 Å². The van der Waals surface area contributed by atoms with Gasteiger partial charge in [-0.15, -0.1) is 0 Å². The summed E-state index contributed by atoms with van der Waals surface area (Å²) < 4.78 is 21.9. The van der Waals surface area contributed by atoms with Crippen LogP contribution in [0.15, 0.2) is 36.4 Å². The number of carbonyl (C=O) groups excluding carboxylic acids is 1. The van der Waals surface area contributed by atoms with Gasteiger partial charge in [-0.3, -0.25) is 4.79 Å². The molecule has 0 aromatic heterocycles. The highest BCUT2D eigenvalue weighted by Crippen LogP contribution is 2.39. The zero-order chi connectivity index (χ0) is 16.4. The first-order valence-electron chi connectivity index (χ1n) is 7.04. The molecule has 0 radical (unpaired) electrons. The first kappa shape index (κ1) is 15.0. The molecular weight excluding hydrogens is 298 g/mol. The van der Waals surface area contributed by atoms with E-state index in [1.54, 1.807) is 51.7 Å². The molecule has 0 spiro atoms. The van der Waals surface area contributed by atoms with Crippen molar-refractivity contribution in [2.75, 3.05) is 21.3 Å². The number of hydrogen-bond donors (Lipinski definition) is 1. The molecule has 0 saturated carbocycles. The molecule has 3 rings (SSSR count). The number of hydrogen-bond acceptors (Lipinski definition) is 5. The quantitative estimate of drug-likeness (QED) is 0.939. The average molecular weight is 315 g/mol. The van der Waals surface area contributed by atoms with Crippen LogP contribution >= 0.6 is 0 Å². The molecule has 0 saturated heterocycles. The van der Waals surface area contributed by atoms with Crippen LogP contribution in [-0.2, 0) is 0 Å². The van der Waals surface area contributed by atoms with Crippen LogP contribution in [0.4, 0.5) is 0 Å². The van der Waals surface area contributed by atoms with Crippen LogP contribution in [0.2, 0.25) is 0 Å². The maximum atomic E-state index is 12.3. The number of rotatable bonds is 4. The van der Waals surface area contributed by atoms with Gasteiger partial charge in [-0.25, -0.2) is 0 Å². The Labute approximate surface area is 133 Å². The van der Waals surface area contributed by atoms with Crippen molar-refractivity contribution in [3.63, 3.8) is 0 Å². The molecule has 1 amide bonds. The third kappa shape index (κ3) is 2.63. The van der Waals surface area contributed by atoms with Gasteiger partial charge >= 0.3 is 0 Å². The van der Waals surface area contributed by atoms with E-state index in [0.717, 1.165) is 0 Å². The van der Waals surface area contributed by atoms with Gasteiger partial charge in [0, 0.05) is 6.07 Å². The summed E-state index contributed by atoms with van der Waals surface area (Å²) in [6.07, 6.45) is -0.674. The Bertz CT molecular complexity index is 744. The number of amides is 1. The topological polar surface area (TPSA) is 66.0 Å². The summed E-state index contributed by atoms with van der Waals surface area (Å²) in [5, 5.41) is 2.81. The summed E-state index contributed by atoms with van der Waals surface area (Å²) in [5.41, 5.74) is 1.15. The zero-order valence-electron chi connectivity index (χ0n) is 13.1. The van der Waals surface area contributed by atoms with E-state index in [1.165, 1.54) is 0 Å². The number of fused-ring (bicyclic) bond motifs is 1. The SMILES string of the molecule is COc1cc(OC)c([C@@H]2NC(=O)c3ccccc3O2)cc1OC. The summed E-state index contributed by atoms with van der Waals surface area (Å²) in [6.45, 7) is 0. The Morgan fingerprint density at radius 2 is 1.61 bits per heavy atom. The van der Waals surface area contributed by atoms with E-state index in [9.17, 15) is 4.79 Å². The van der Waals surface area contributed by atoms with Gasteiger partial charge in [0.1, 0.15) is 11.5 Å². The molecule has 1 N–H and O–H groups in total. The highest BCUT2D eigenvalue weighted by atomic mass is 16.5. The molecule has 0 fully saturated rings. The predicted octanol–water partition coefficient (Wildman–Crippen LogP) is 2.53. The Balaban J connectivity index is 2.04. The van der Waals surface area contributed by atoms with Crippen LogP contribution in [0, 0.1) is 0 Å². The highest BCUT2D eigenvalue weighted by Gasteiger charge is 2.29. The summed E-state index contributed by atoms with van der Waals surface area (Å²) >= 11 is 0. The third-order valence-corrected chi connectivity index (χ3v) is 3.66. The summed E-state index contributed by atoms with van der Waals surface area (Å²) in [7, 11) is 4.64. The van der Waals surface area contributed by atoms with E-state index in [1.807, 2.05) is 6.07 Å². The molecule has 2 aromatic carbocycles. The fourth-order valence-corrected chi connectivity index (χ4v) is 2.51. The van der Waals surface area contributed by atoms with Gasteiger partial charge in [0.05, 0.1) is 32.5 Å². The van der Waals surface area contributed by atoms with Crippen molar-refractivity contribution < 1.29 is 23.7 Å². The van der Waals surface area contributed by atoms with E-state index in [-0.39, 0.29) is 5.91 Å². The first-order chi connectivity index (χ1) is 11.2. The monoisotopic (exact) mass is 315 g/mol. The second-order valence-corrected chi connectivity index (χ2v) is 4.92. The summed E-state index contributed by atoms with van der Waals surface area (Å²) in [4.78, 5) is 12.3. The summed E-state index contributed by atoms with van der Waals surface area (Å²) in [6, 6.07) is 10.5. The largest absolute Gasteiger partial charge is 0.496 e. The molecule has 0 unspecified atom stereocenters. The van der Waals surface area contributed by atoms with Gasteiger partial charge in [0.15, 0.2) is 11.5 Å². The molecule has 1 atom stereocenters. The van der Waals surface area contributed by atoms with E-state index in [2.05, 4.69) is 5.32 Å². The van der Waals surface area contributed by atoms with E-state index in [4.69, 9.17) is 18.9 Å². The normalized spacial score (nSPS) is 16.0. The van der Waals surface area contributed by atoms with Crippen LogP contribution in [0.5, 0.6) is 23.0 Å². The van der Waals surface area contributed by atoms with E-state index < -0.39 is 6.23 Å². The number of para-hydroxylation sites is 1. The van der Waals surface area contributed by atoms with Crippen LogP contribution in [-0.4, -0.2) is 27.2 Å².